The summed E-state index contributed by atoms with van der Waals surface area (Å²) >= 11 is 0. The van der Waals surface area contributed by atoms with Crippen LogP contribution in [0.2, 0.25) is 0 Å². The highest BCUT2D eigenvalue weighted by atomic mass is 16.5. The molecule has 1 N–H and O–H groups in total. The zero-order valence-electron chi connectivity index (χ0n) is 16.1. The minimum atomic E-state index is -0.191. The number of rotatable bonds is 8. The van der Waals surface area contributed by atoms with Crippen LogP contribution in [-0.4, -0.2) is 33.2 Å². The fourth-order valence-electron chi connectivity index (χ4n) is 2.71. The second-order valence-corrected chi connectivity index (χ2v) is 6.44. The van der Waals surface area contributed by atoms with E-state index in [4.69, 9.17) is 9.47 Å². The number of hydrogen-bond acceptors (Lipinski definition) is 6. The number of hydrogen-bond donors (Lipinski definition) is 1. The summed E-state index contributed by atoms with van der Waals surface area (Å²) in [5.41, 5.74) is 1.42. The first-order valence-electron chi connectivity index (χ1n) is 8.98. The van der Waals surface area contributed by atoms with E-state index in [0.29, 0.717) is 23.7 Å². The maximum absolute atomic E-state index is 12.5. The van der Waals surface area contributed by atoms with Crippen molar-refractivity contribution in [2.24, 2.45) is 0 Å². The standard InChI is InChI=1S/C20H23N5O3/c1-14(2)25-19(22-23-24-25)13-28-17-9-6-8-15(11-17)20(26)21-12-16-7-4-5-10-18(16)27-3/h4-11,14H,12-13H2,1-3H3,(H,21,26). The van der Waals surface area contributed by atoms with E-state index in [1.807, 2.05) is 38.1 Å². The first kappa shape index (κ1) is 19.3. The highest BCUT2D eigenvalue weighted by Crippen LogP contribution is 2.18. The van der Waals surface area contributed by atoms with E-state index in [2.05, 4.69) is 20.8 Å². The molecule has 8 heteroatoms. The second-order valence-electron chi connectivity index (χ2n) is 6.44. The van der Waals surface area contributed by atoms with Crippen molar-refractivity contribution in [3.63, 3.8) is 0 Å². The lowest BCUT2D eigenvalue weighted by Crippen LogP contribution is -2.23. The first-order valence-corrected chi connectivity index (χ1v) is 8.98. The molecule has 0 saturated carbocycles. The lowest BCUT2D eigenvalue weighted by Gasteiger charge is -2.11. The van der Waals surface area contributed by atoms with Gasteiger partial charge in [0.25, 0.3) is 5.91 Å². The number of tetrazole rings is 1. The largest absolute Gasteiger partial charge is 0.496 e. The van der Waals surface area contributed by atoms with Crippen LogP contribution < -0.4 is 14.8 Å². The van der Waals surface area contributed by atoms with Crippen molar-refractivity contribution in [2.45, 2.75) is 33.0 Å². The Morgan fingerprint density at radius 1 is 1.18 bits per heavy atom. The van der Waals surface area contributed by atoms with Gasteiger partial charge in [-0.05, 0) is 48.5 Å². The molecule has 0 unspecified atom stereocenters. The van der Waals surface area contributed by atoms with Crippen molar-refractivity contribution in [1.82, 2.24) is 25.5 Å². The van der Waals surface area contributed by atoms with Crippen LogP contribution in [-0.2, 0) is 13.2 Å². The van der Waals surface area contributed by atoms with Gasteiger partial charge in [-0.15, -0.1) is 5.10 Å². The third-order valence-corrected chi connectivity index (χ3v) is 4.15. The zero-order chi connectivity index (χ0) is 19.9. The highest BCUT2D eigenvalue weighted by Gasteiger charge is 2.11. The molecule has 1 amide bonds. The molecule has 3 rings (SSSR count). The summed E-state index contributed by atoms with van der Waals surface area (Å²) in [5, 5.41) is 14.5. The van der Waals surface area contributed by atoms with Gasteiger partial charge in [-0.3, -0.25) is 4.79 Å². The van der Waals surface area contributed by atoms with Crippen LogP contribution in [0.5, 0.6) is 11.5 Å². The van der Waals surface area contributed by atoms with E-state index >= 15 is 0 Å². The summed E-state index contributed by atoms with van der Waals surface area (Å²) in [4.78, 5) is 12.5. The highest BCUT2D eigenvalue weighted by molar-refractivity contribution is 5.94. The average Bonchev–Trinajstić information content (AvgIpc) is 3.20. The third kappa shape index (κ3) is 4.64. The molecule has 0 bridgehead atoms. The number of nitrogens with one attached hydrogen (secondary N) is 1. The molecule has 3 aromatic rings. The van der Waals surface area contributed by atoms with Crippen LogP contribution in [0, 0.1) is 0 Å². The van der Waals surface area contributed by atoms with Gasteiger partial charge in [0.05, 0.1) is 13.2 Å². The van der Waals surface area contributed by atoms with Crippen LogP contribution in [0.25, 0.3) is 0 Å². The van der Waals surface area contributed by atoms with Crippen LogP contribution in [0.1, 0.15) is 41.6 Å². The Labute approximate surface area is 163 Å². The molecular weight excluding hydrogens is 358 g/mol. The predicted octanol–water partition coefficient (Wildman–Crippen LogP) is 2.77. The summed E-state index contributed by atoms with van der Waals surface area (Å²) in [5.74, 6) is 1.75. The van der Waals surface area contributed by atoms with Gasteiger partial charge in [0.15, 0.2) is 5.82 Å². The number of aromatic nitrogens is 4. The number of nitrogens with zero attached hydrogens (tertiary/aromatic N) is 4. The van der Waals surface area contributed by atoms with Crippen molar-refractivity contribution < 1.29 is 14.3 Å². The number of methoxy groups -OCH3 is 1. The molecule has 0 aliphatic heterocycles. The number of para-hydroxylation sites is 1. The minimum absolute atomic E-state index is 0.140. The molecule has 0 aliphatic carbocycles. The maximum Gasteiger partial charge on any atom is 0.251 e. The Bertz CT molecular complexity index is 939. The molecule has 0 saturated heterocycles. The van der Waals surface area contributed by atoms with Gasteiger partial charge in [-0.2, -0.15) is 0 Å². The molecule has 0 radical (unpaired) electrons. The number of carbonyl (C=O) groups is 1. The van der Waals surface area contributed by atoms with E-state index in [0.717, 1.165) is 11.3 Å². The molecule has 8 nitrogen and oxygen atoms in total. The van der Waals surface area contributed by atoms with Crippen LogP contribution in [0.3, 0.4) is 0 Å². The molecule has 0 spiro atoms. The van der Waals surface area contributed by atoms with Crippen LogP contribution in [0.15, 0.2) is 48.5 Å². The molecule has 2 aromatic carbocycles. The van der Waals surface area contributed by atoms with Gasteiger partial charge >= 0.3 is 0 Å². The molecule has 0 fully saturated rings. The van der Waals surface area contributed by atoms with Crippen molar-refractivity contribution in [3.8, 4) is 11.5 Å². The number of carbonyl (C=O) groups excluding carboxylic acids is 1. The Hall–Kier alpha value is -3.42. The number of benzene rings is 2. The summed E-state index contributed by atoms with van der Waals surface area (Å²) in [7, 11) is 1.61. The van der Waals surface area contributed by atoms with E-state index in [-0.39, 0.29) is 18.6 Å². The van der Waals surface area contributed by atoms with Gasteiger partial charge in [0.2, 0.25) is 0 Å². The maximum atomic E-state index is 12.5. The smallest absolute Gasteiger partial charge is 0.251 e. The number of ether oxygens (including phenoxy) is 2. The lowest BCUT2D eigenvalue weighted by molar-refractivity contribution is 0.0950. The molecule has 1 aromatic heterocycles. The van der Waals surface area contributed by atoms with Crippen molar-refractivity contribution >= 4 is 5.91 Å². The molecular formula is C20H23N5O3. The summed E-state index contributed by atoms with van der Waals surface area (Å²) in [6.45, 7) is 4.58. The van der Waals surface area contributed by atoms with Crippen molar-refractivity contribution in [3.05, 3.63) is 65.5 Å². The van der Waals surface area contributed by atoms with E-state index in [1.165, 1.54) is 0 Å². The summed E-state index contributed by atoms with van der Waals surface area (Å²) in [6.07, 6.45) is 0. The van der Waals surface area contributed by atoms with Crippen LogP contribution in [0.4, 0.5) is 0 Å². The quantitative estimate of drug-likeness (QED) is 0.645. The lowest BCUT2D eigenvalue weighted by atomic mass is 10.1. The average molecular weight is 381 g/mol. The second kappa shape index (κ2) is 8.98. The van der Waals surface area contributed by atoms with Gasteiger partial charge in [-0.1, -0.05) is 24.3 Å². The molecule has 28 heavy (non-hydrogen) atoms. The SMILES string of the molecule is COc1ccccc1CNC(=O)c1cccc(OCc2nnnn2C(C)C)c1. The zero-order valence-corrected chi connectivity index (χ0v) is 16.1. The predicted molar refractivity (Wildman–Crippen MR) is 103 cm³/mol. The summed E-state index contributed by atoms with van der Waals surface area (Å²) < 4.78 is 12.8. The van der Waals surface area contributed by atoms with Gasteiger partial charge in [0.1, 0.15) is 18.1 Å². The van der Waals surface area contributed by atoms with Gasteiger partial charge in [0, 0.05) is 17.7 Å². The molecule has 0 aliphatic rings. The van der Waals surface area contributed by atoms with Crippen molar-refractivity contribution in [2.75, 3.05) is 7.11 Å². The van der Waals surface area contributed by atoms with Crippen molar-refractivity contribution in [1.29, 1.82) is 0 Å². The third-order valence-electron chi connectivity index (χ3n) is 4.15. The molecule has 146 valence electrons. The fraction of sp³-hybridized carbons (Fsp3) is 0.300. The number of amides is 1. The first-order chi connectivity index (χ1) is 13.6. The fourth-order valence-corrected chi connectivity index (χ4v) is 2.71. The Morgan fingerprint density at radius 3 is 2.79 bits per heavy atom. The Kier molecular flexibility index (Phi) is 6.21. The van der Waals surface area contributed by atoms with Gasteiger partial charge < -0.3 is 14.8 Å². The van der Waals surface area contributed by atoms with E-state index in [9.17, 15) is 4.79 Å². The van der Waals surface area contributed by atoms with Crippen LogP contribution >= 0.6 is 0 Å². The monoisotopic (exact) mass is 381 g/mol. The molecule has 1 heterocycles. The minimum Gasteiger partial charge on any atom is -0.496 e. The van der Waals surface area contributed by atoms with Gasteiger partial charge in [-0.25, -0.2) is 4.68 Å². The topological polar surface area (TPSA) is 91.2 Å². The Balaban J connectivity index is 1.62. The Morgan fingerprint density at radius 2 is 2.00 bits per heavy atom. The normalized spacial score (nSPS) is 10.7. The molecule has 0 atom stereocenters. The summed E-state index contributed by atoms with van der Waals surface area (Å²) in [6, 6.07) is 14.7. The van der Waals surface area contributed by atoms with E-state index in [1.54, 1.807) is 36.1 Å². The van der Waals surface area contributed by atoms with E-state index < -0.39 is 0 Å².